The Kier molecular flexibility index (Phi) is 5.95. The van der Waals surface area contributed by atoms with Crippen molar-refractivity contribution >= 4 is 17.8 Å². The van der Waals surface area contributed by atoms with Gasteiger partial charge in [0, 0.05) is 11.5 Å². The van der Waals surface area contributed by atoms with Crippen LogP contribution in [-0.4, -0.2) is 16.9 Å². The van der Waals surface area contributed by atoms with Crippen molar-refractivity contribution in [1.29, 1.82) is 0 Å². The molecule has 0 aliphatic heterocycles. The van der Waals surface area contributed by atoms with Crippen LogP contribution in [0.25, 0.3) is 6.08 Å². The third-order valence-electron chi connectivity index (χ3n) is 4.45. The van der Waals surface area contributed by atoms with Crippen molar-refractivity contribution in [2.24, 2.45) is 5.92 Å². The zero-order valence-corrected chi connectivity index (χ0v) is 14.7. The molecule has 0 amide bonds. The lowest BCUT2D eigenvalue weighted by Gasteiger charge is -2.21. The highest BCUT2D eigenvalue weighted by molar-refractivity contribution is 6.09. The van der Waals surface area contributed by atoms with Gasteiger partial charge >= 0.3 is 5.97 Å². The number of Topliss-reactive ketones (excluding diaryl/α,β-unsaturated/α-hetero) is 1. The van der Waals surface area contributed by atoms with E-state index in [0.29, 0.717) is 5.56 Å². The zero-order chi connectivity index (χ0) is 19.1. The molecular weight excluding hydrogens is 336 g/mol. The first kappa shape index (κ1) is 18.3. The molecule has 0 bridgehead atoms. The summed E-state index contributed by atoms with van der Waals surface area (Å²) in [6, 6.07) is 27.5. The Hall–Kier alpha value is -3.46. The molecule has 3 heteroatoms. The van der Waals surface area contributed by atoms with Gasteiger partial charge < -0.3 is 5.11 Å². The average Bonchev–Trinajstić information content (AvgIpc) is 2.72. The van der Waals surface area contributed by atoms with Crippen LogP contribution < -0.4 is 0 Å². The fourth-order valence-electron chi connectivity index (χ4n) is 3.08. The second kappa shape index (κ2) is 8.77. The molecule has 0 fully saturated rings. The van der Waals surface area contributed by atoms with Crippen molar-refractivity contribution in [1.82, 2.24) is 0 Å². The van der Waals surface area contributed by atoms with Crippen molar-refractivity contribution in [2.75, 3.05) is 0 Å². The van der Waals surface area contributed by atoms with Crippen LogP contribution in [0.3, 0.4) is 0 Å². The number of carboxylic acid groups (broad SMARTS) is 1. The van der Waals surface area contributed by atoms with Crippen molar-refractivity contribution < 1.29 is 14.7 Å². The lowest BCUT2D eigenvalue weighted by molar-refractivity contribution is -0.140. The Bertz CT molecular complexity index is 916. The highest BCUT2D eigenvalue weighted by Crippen LogP contribution is 2.30. The summed E-state index contributed by atoms with van der Waals surface area (Å²) in [4.78, 5) is 25.1. The molecule has 3 rings (SSSR count). The molecule has 2 atom stereocenters. The van der Waals surface area contributed by atoms with E-state index in [4.69, 9.17) is 0 Å². The fraction of sp³-hybridized carbons (Fsp3) is 0.0833. The highest BCUT2D eigenvalue weighted by atomic mass is 16.4. The van der Waals surface area contributed by atoms with E-state index in [1.807, 2.05) is 72.8 Å². The van der Waals surface area contributed by atoms with Gasteiger partial charge in [-0.25, -0.2) is 0 Å². The Balaban J connectivity index is 2.02. The maximum Gasteiger partial charge on any atom is 0.315 e. The highest BCUT2D eigenvalue weighted by Gasteiger charge is 2.34. The van der Waals surface area contributed by atoms with Gasteiger partial charge in [0.25, 0.3) is 0 Å². The molecule has 0 aliphatic carbocycles. The van der Waals surface area contributed by atoms with Crippen LogP contribution in [0.2, 0.25) is 0 Å². The van der Waals surface area contributed by atoms with Crippen LogP contribution in [0.1, 0.15) is 27.4 Å². The van der Waals surface area contributed by atoms with Crippen LogP contribution in [-0.2, 0) is 4.79 Å². The summed E-state index contributed by atoms with van der Waals surface area (Å²) in [6.45, 7) is 0. The third kappa shape index (κ3) is 4.59. The van der Waals surface area contributed by atoms with E-state index < -0.39 is 23.6 Å². The molecule has 3 nitrogen and oxygen atoms in total. The normalized spacial score (nSPS) is 13.2. The predicted octanol–water partition coefficient (Wildman–Crippen LogP) is 5.07. The smallest absolute Gasteiger partial charge is 0.315 e. The van der Waals surface area contributed by atoms with Crippen molar-refractivity contribution in [3.8, 4) is 0 Å². The van der Waals surface area contributed by atoms with E-state index in [1.165, 1.54) is 0 Å². The van der Waals surface area contributed by atoms with E-state index in [1.54, 1.807) is 30.3 Å². The Morgan fingerprint density at radius 2 is 1.26 bits per heavy atom. The first-order chi connectivity index (χ1) is 13.2. The molecule has 0 heterocycles. The molecule has 1 N–H and O–H groups in total. The molecule has 3 aromatic carbocycles. The number of carbonyl (C=O) groups excluding carboxylic acids is 1. The van der Waals surface area contributed by atoms with Gasteiger partial charge in [0.05, 0.1) is 0 Å². The fourth-order valence-corrected chi connectivity index (χ4v) is 3.08. The number of carboxylic acids is 1. The van der Waals surface area contributed by atoms with Crippen LogP contribution in [0, 0.1) is 5.92 Å². The molecule has 3 aromatic rings. The second-order valence-electron chi connectivity index (χ2n) is 6.25. The standard InChI is InChI=1S/C24H20O3/c25-23(20-14-8-3-9-15-20)22(24(26)27)21(19-12-6-2-7-13-19)17-16-18-10-4-1-5-11-18/h1-17,21-22H,(H,26,27)/b17-16+. The van der Waals surface area contributed by atoms with Gasteiger partial charge in [-0.05, 0) is 11.1 Å². The summed E-state index contributed by atoms with van der Waals surface area (Å²) in [6.07, 6.45) is 3.68. The molecule has 27 heavy (non-hydrogen) atoms. The molecule has 0 aromatic heterocycles. The van der Waals surface area contributed by atoms with E-state index in [9.17, 15) is 14.7 Å². The largest absolute Gasteiger partial charge is 0.481 e. The number of benzene rings is 3. The van der Waals surface area contributed by atoms with Crippen LogP contribution in [0.5, 0.6) is 0 Å². The van der Waals surface area contributed by atoms with Crippen molar-refractivity contribution in [2.45, 2.75) is 5.92 Å². The first-order valence-electron chi connectivity index (χ1n) is 8.77. The maximum absolute atomic E-state index is 13.0. The van der Waals surface area contributed by atoms with E-state index in [0.717, 1.165) is 11.1 Å². The first-order valence-corrected chi connectivity index (χ1v) is 8.77. The minimum Gasteiger partial charge on any atom is -0.481 e. The topological polar surface area (TPSA) is 54.4 Å². The number of rotatable bonds is 7. The molecule has 2 unspecified atom stereocenters. The monoisotopic (exact) mass is 356 g/mol. The lowest BCUT2D eigenvalue weighted by Crippen LogP contribution is -2.29. The van der Waals surface area contributed by atoms with Gasteiger partial charge in [0.1, 0.15) is 5.92 Å². The molecule has 0 aliphatic rings. The summed E-state index contributed by atoms with van der Waals surface area (Å²) < 4.78 is 0. The Morgan fingerprint density at radius 3 is 1.81 bits per heavy atom. The second-order valence-corrected chi connectivity index (χ2v) is 6.25. The summed E-state index contributed by atoms with van der Waals surface area (Å²) >= 11 is 0. The van der Waals surface area contributed by atoms with Crippen LogP contribution >= 0.6 is 0 Å². The van der Waals surface area contributed by atoms with Gasteiger partial charge in [-0.2, -0.15) is 0 Å². The summed E-state index contributed by atoms with van der Waals surface area (Å²) in [5.41, 5.74) is 2.15. The Labute approximate surface area is 158 Å². The van der Waals surface area contributed by atoms with Gasteiger partial charge in [-0.3, -0.25) is 9.59 Å². The van der Waals surface area contributed by atoms with Gasteiger partial charge in [0.2, 0.25) is 0 Å². The average molecular weight is 356 g/mol. The quantitative estimate of drug-likeness (QED) is 0.475. The molecule has 0 spiro atoms. The van der Waals surface area contributed by atoms with E-state index in [-0.39, 0.29) is 0 Å². The predicted molar refractivity (Wildman–Crippen MR) is 107 cm³/mol. The number of carbonyl (C=O) groups is 2. The van der Waals surface area contributed by atoms with Crippen molar-refractivity contribution in [3.05, 3.63) is 114 Å². The molecule has 0 radical (unpaired) electrons. The van der Waals surface area contributed by atoms with Gasteiger partial charge in [-0.1, -0.05) is 103 Å². The van der Waals surface area contributed by atoms with Gasteiger partial charge in [-0.15, -0.1) is 0 Å². The zero-order valence-electron chi connectivity index (χ0n) is 14.7. The summed E-state index contributed by atoms with van der Waals surface area (Å²) in [5.74, 6) is -3.29. The molecule has 0 saturated heterocycles. The molecule has 0 saturated carbocycles. The third-order valence-corrected chi connectivity index (χ3v) is 4.45. The van der Waals surface area contributed by atoms with Crippen LogP contribution in [0.15, 0.2) is 97.1 Å². The van der Waals surface area contributed by atoms with Crippen molar-refractivity contribution in [3.63, 3.8) is 0 Å². The minimum absolute atomic E-state index is 0.394. The Morgan fingerprint density at radius 1 is 0.741 bits per heavy atom. The van der Waals surface area contributed by atoms with Crippen LogP contribution in [0.4, 0.5) is 0 Å². The van der Waals surface area contributed by atoms with E-state index in [2.05, 4.69) is 0 Å². The number of ketones is 1. The SMILES string of the molecule is O=C(O)C(C(=O)c1ccccc1)C(/C=C/c1ccccc1)c1ccccc1. The molecular formula is C24H20O3. The number of hydrogen-bond donors (Lipinski definition) is 1. The summed E-state index contributed by atoms with van der Waals surface area (Å²) in [7, 11) is 0. The number of aliphatic carboxylic acids is 1. The summed E-state index contributed by atoms with van der Waals surface area (Å²) in [5, 5.41) is 9.88. The molecule has 134 valence electrons. The number of allylic oxidation sites excluding steroid dienone is 1. The minimum atomic E-state index is -1.20. The van der Waals surface area contributed by atoms with E-state index >= 15 is 0 Å². The van der Waals surface area contributed by atoms with Gasteiger partial charge in [0.15, 0.2) is 5.78 Å². The maximum atomic E-state index is 13.0. The lowest BCUT2D eigenvalue weighted by atomic mass is 9.80. The number of hydrogen-bond acceptors (Lipinski definition) is 2.